The van der Waals surface area contributed by atoms with Gasteiger partial charge in [-0.3, -0.25) is 0 Å². The molecule has 96 valence electrons. The number of hydrogen-bond donors (Lipinski definition) is 0. The Morgan fingerprint density at radius 1 is 0.750 bits per heavy atom. The van der Waals surface area contributed by atoms with Gasteiger partial charge in [-0.2, -0.15) is 0 Å². The Bertz CT molecular complexity index is 916. The van der Waals surface area contributed by atoms with E-state index in [2.05, 4.69) is 0 Å². The van der Waals surface area contributed by atoms with Gasteiger partial charge in [0.1, 0.15) is 0 Å². The van der Waals surface area contributed by atoms with E-state index >= 15 is 0 Å². The van der Waals surface area contributed by atoms with E-state index in [4.69, 9.17) is 0 Å². The van der Waals surface area contributed by atoms with Crippen molar-refractivity contribution in [3.63, 3.8) is 0 Å². The molecule has 4 aromatic rings. The number of benzene rings is 2. The van der Waals surface area contributed by atoms with Crippen LogP contribution in [0.1, 0.15) is 0 Å². The second-order valence-electron chi connectivity index (χ2n) is 4.88. The highest BCUT2D eigenvalue weighted by atomic mass is 19.1. The first-order chi connectivity index (χ1) is 9.84. The van der Waals surface area contributed by atoms with Crippen LogP contribution in [0.5, 0.6) is 0 Å². The molecular weight excluding hydrogens is 249 g/mol. The second-order valence-corrected chi connectivity index (χ2v) is 4.88. The Morgan fingerprint density at radius 2 is 1.55 bits per heavy atom. The fraction of sp³-hybridized carbons (Fsp3) is 0. The molecule has 1 nitrogen and oxygen atoms in total. The van der Waals surface area contributed by atoms with Gasteiger partial charge in [-0.1, -0.05) is 48.5 Å². The maximum absolute atomic E-state index is 14.6. The molecule has 0 saturated carbocycles. The lowest BCUT2D eigenvalue weighted by atomic mass is 10.00. The van der Waals surface area contributed by atoms with Crippen LogP contribution >= 0.6 is 0 Å². The first-order valence-electron chi connectivity index (χ1n) is 6.58. The molecule has 20 heavy (non-hydrogen) atoms. The molecule has 2 heteroatoms. The van der Waals surface area contributed by atoms with E-state index in [1.165, 1.54) is 0 Å². The highest BCUT2D eigenvalue weighted by molar-refractivity contribution is 5.97. The minimum atomic E-state index is -0.165. The van der Waals surface area contributed by atoms with Gasteiger partial charge in [-0.15, -0.1) is 0 Å². The van der Waals surface area contributed by atoms with Gasteiger partial charge in [-0.05, 0) is 28.5 Å². The third-order valence-electron chi connectivity index (χ3n) is 3.70. The topological polar surface area (TPSA) is 4.41 Å². The zero-order valence-corrected chi connectivity index (χ0v) is 10.8. The summed E-state index contributed by atoms with van der Waals surface area (Å²) in [6.07, 6.45) is 3.72. The fourth-order valence-electron chi connectivity index (χ4n) is 2.74. The average Bonchev–Trinajstić information content (AvgIpc) is 2.84. The Balaban J connectivity index is 2.09. The van der Waals surface area contributed by atoms with Crippen molar-refractivity contribution in [3.8, 4) is 11.1 Å². The molecular formula is C18H12FN. The molecule has 2 heterocycles. The number of fused-ring (bicyclic) bond motifs is 2. The van der Waals surface area contributed by atoms with Gasteiger partial charge in [0, 0.05) is 18.0 Å². The van der Waals surface area contributed by atoms with Crippen molar-refractivity contribution in [2.75, 3.05) is 0 Å². The van der Waals surface area contributed by atoms with Crippen molar-refractivity contribution in [1.29, 1.82) is 0 Å². The molecule has 0 spiro atoms. The highest BCUT2D eigenvalue weighted by Gasteiger charge is 2.13. The van der Waals surface area contributed by atoms with Gasteiger partial charge < -0.3 is 4.40 Å². The molecule has 0 amide bonds. The van der Waals surface area contributed by atoms with E-state index in [9.17, 15) is 4.39 Å². The smallest absolute Gasteiger partial charge is 0.156 e. The van der Waals surface area contributed by atoms with Crippen molar-refractivity contribution in [2.45, 2.75) is 0 Å². The molecule has 0 atom stereocenters. The van der Waals surface area contributed by atoms with Crippen molar-refractivity contribution in [2.24, 2.45) is 0 Å². The Hall–Kier alpha value is -2.61. The summed E-state index contributed by atoms with van der Waals surface area (Å²) < 4.78 is 16.4. The minimum Gasteiger partial charge on any atom is -0.321 e. The van der Waals surface area contributed by atoms with E-state index in [-0.39, 0.29) is 5.82 Å². The number of halogens is 1. The van der Waals surface area contributed by atoms with Crippen LogP contribution in [0.2, 0.25) is 0 Å². The van der Waals surface area contributed by atoms with Crippen molar-refractivity contribution in [3.05, 3.63) is 78.9 Å². The van der Waals surface area contributed by atoms with Crippen molar-refractivity contribution >= 4 is 16.3 Å². The molecule has 0 N–H and O–H groups in total. The summed E-state index contributed by atoms with van der Waals surface area (Å²) in [7, 11) is 0. The van der Waals surface area contributed by atoms with Gasteiger partial charge in [-0.25, -0.2) is 4.39 Å². The minimum absolute atomic E-state index is 0.165. The van der Waals surface area contributed by atoms with Gasteiger partial charge in [0.25, 0.3) is 0 Å². The molecule has 2 aromatic carbocycles. The molecule has 0 bridgehead atoms. The van der Waals surface area contributed by atoms with Crippen molar-refractivity contribution < 1.29 is 4.39 Å². The number of rotatable bonds is 1. The predicted octanol–water partition coefficient (Wildman–Crippen LogP) is 4.90. The number of nitrogens with zero attached hydrogens (tertiary/aromatic N) is 1. The van der Waals surface area contributed by atoms with E-state index in [1.54, 1.807) is 6.07 Å². The van der Waals surface area contributed by atoms with E-state index in [0.29, 0.717) is 11.1 Å². The number of hydrogen-bond acceptors (Lipinski definition) is 0. The zero-order valence-electron chi connectivity index (χ0n) is 10.8. The lowest BCUT2D eigenvalue weighted by Gasteiger charge is -2.04. The lowest BCUT2D eigenvalue weighted by molar-refractivity contribution is 0.643. The molecule has 4 rings (SSSR count). The monoisotopic (exact) mass is 261 g/mol. The average molecular weight is 261 g/mol. The second kappa shape index (κ2) is 4.20. The van der Waals surface area contributed by atoms with Crippen LogP contribution in [-0.4, -0.2) is 4.40 Å². The third-order valence-corrected chi connectivity index (χ3v) is 3.70. The van der Waals surface area contributed by atoms with Crippen LogP contribution in [0.4, 0.5) is 4.39 Å². The maximum Gasteiger partial charge on any atom is 0.156 e. The largest absolute Gasteiger partial charge is 0.321 e. The van der Waals surface area contributed by atoms with Crippen molar-refractivity contribution in [1.82, 2.24) is 4.40 Å². The normalized spacial score (nSPS) is 11.2. The SMILES string of the molecule is Fc1c(-c2cccc3ccccc23)cn2ccccc12. The number of pyridine rings is 1. The third kappa shape index (κ3) is 1.55. The molecule has 0 saturated heterocycles. The first kappa shape index (κ1) is 11.2. The van der Waals surface area contributed by atoms with Gasteiger partial charge in [0.15, 0.2) is 5.82 Å². The molecule has 0 aliphatic rings. The number of aromatic nitrogens is 1. The molecule has 2 aromatic heterocycles. The van der Waals surface area contributed by atoms with Crippen LogP contribution in [0.25, 0.3) is 27.4 Å². The summed E-state index contributed by atoms with van der Waals surface area (Å²) in [6.45, 7) is 0. The molecule has 0 aliphatic heterocycles. The van der Waals surface area contributed by atoms with Crippen LogP contribution in [0, 0.1) is 5.82 Å². The lowest BCUT2D eigenvalue weighted by Crippen LogP contribution is -1.81. The van der Waals surface area contributed by atoms with Crippen LogP contribution in [0.15, 0.2) is 73.1 Å². The zero-order chi connectivity index (χ0) is 13.5. The Kier molecular flexibility index (Phi) is 2.36. The maximum atomic E-state index is 14.6. The van der Waals surface area contributed by atoms with E-state index < -0.39 is 0 Å². The van der Waals surface area contributed by atoms with Gasteiger partial charge in [0.05, 0.1) is 5.52 Å². The standard InChI is InChI=1S/C18H12FN/c19-18-16(12-20-11-4-3-10-17(18)20)15-9-5-7-13-6-1-2-8-14(13)15/h1-12H. The van der Waals surface area contributed by atoms with Gasteiger partial charge >= 0.3 is 0 Å². The van der Waals surface area contributed by atoms with Crippen LogP contribution in [-0.2, 0) is 0 Å². The highest BCUT2D eigenvalue weighted by Crippen LogP contribution is 2.32. The fourth-order valence-corrected chi connectivity index (χ4v) is 2.74. The summed E-state index contributed by atoms with van der Waals surface area (Å²) >= 11 is 0. The summed E-state index contributed by atoms with van der Waals surface area (Å²) in [6, 6.07) is 19.6. The van der Waals surface area contributed by atoms with Crippen LogP contribution in [0.3, 0.4) is 0 Å². The van der Waals surface area contributed by atoms with E-state index in [1.807, 2.05) is 71.4 Å². The molecule has 0 unspecified atom stereocenters. The quantitative estimate of drug-likeness (QED) is 0.459. The Labute approximate surface area is 115 Å². The molecule has 0 aliphatic carbocycles. The first-order valence-corrected chi connectivity index (χ1v) is 6.58. The summed E-state index contributed by atoms with van der Waals surface area (Å²) in [5.74, 6) is -0.165. The summed E-state index contributed by atoms with van der Waals surface area (Å²) in [4.78, 5) is 0. The van der Waals surface area contributed by atoms with Gasteiger partial charge in [0.2, 0.25) is 0 Å². The molecule has 0 fully saturated rings. The Morgan fingerprint density at radius 3 is 2.45 bits per heavy atom. The molecule has 0 radical (unpaired) electrons. The van der Waals surface area contributed by atoms with Crippen LogP contribution < -0.4 is 0 Å². The van der Waals surface area contributed by atoms with E-state index in [0.717, 1.165) is 16.3 Å². The summed E-state index contributed by atoms with van der Waals surface area (Å²) in [5, 5.41) is 2.20. The predicted molar refractivity (Wildman–Crippen MR) is 80.3 cm³/mol. The summed E-state index contributed by atoms with van der Waals surface area (Å²) in [5.41, 5.74) is 2.19.